The molecule has 1 atom stereocenters. The van der Waals surface area contributed by atoms with Crippen molar-refractivity contribution in [1.29, 1.82) is 0 Å². The molecule has 0 amide bonds. The van der Waals surface area contributed by atoms with Crippen LogP contribution in [0.2, 0.25) is 0 Å². The largest absolute Gasteiger partial charge is 0.468 e. The third-order valence-corrected chi connectivity index (χ3v) is 2.67. The number of esters is 1. The molecule has 19 heavy (non-hydrogen) atoms. The Labute approximate surface area is 109 Å². The standard InChI is InChI=1S/C13H14FN3O2/c1-19-13(18)11(15)8-17-7-6-12(16-17)9-2-4-10(14)5-3-9/h2-7,11H,8,15H2,1H3. The van der Waals surface area contributed by atoms with Gasteiger partial charge >= 0.3 is 5.97 Å². The monoisotopic (exact) mass is 263 g/mol. The van der Waals surface area contributed by atoms with Crippen molar-refractivity contribution in [2.24, 2.45) is 5.73 Å². The van der Waals surface area contributed by atoms with Crippen LogP contribution in [0.5, 0.6) is 0 Å². The van der Waals surface area contributed by atoms with Crippen molar-refractivity contribution in [3.63, 3.8) is 0 Å². The fourth-order valence-electron chi connectivity index (χ4n) is 1.67. The van der Waals surface area contributed by atoms with E-state index in [1.807, 2.05) is 0 Å². The first-order chi connectivity index (χ1) is 9.10. The number of nitrogens with zero attached hydrogens (tertiary/aromatic N) is 2. The highest BCUT2D eigenvalue weighted by Crippen LogP contribution is 2.17. The normalized spacial score (nSPS) is 12.2. The predicted octanol–water partition coefficient (Wildman–Crippen LogP) is 1.19. The number of halogens is 1. The number of ether oxygens (including phenoxy) is 1. The summed E-state index contributed by atoms with van der Waals surface area (Å²) in [7, 11) is 1.29. The van der Waals surface area contributed by atoms with Gasteiger partial charge in [0.15, 0.2) is 0 Å². The third-order valence-electron chi connectivity index (χ3n) is 2.67. The molecule has 0 bridgehead atoms. The number of benzene rings is 1. The number of methoxy groups -OCH3 is 1. The van der Waals surface area contributed by atoms with E-state index in [4.69, 9.17) is 5.73 Å². The van der Waals surface area contributed by atoms with Crippen molar-refractivity contribution in [3.05, 3.63) is 42.3 Å². The van der Waals surface area contributed by atoms with E-state index >= 15 is 0 Å². The molecule has 5 nitrogen and oxygen atoms in total. The second-order valence-electron chi connectivity index (χ2n) is 4.06. The van der Waals surface area contributed by atoms with Crippen molar-refractivity contribution in [2.45, 2.75) is 12.6 Å². The first-order valence-corrected chi connectivity index (χ1v) is 5.73. The van der Waals surface area contributed by atoms with Crippen LogP contribution >= 0.6 is 0 Å². The molecule has 0 spiro atoms. The minimum atomic E-state index is -0.758. The molecular formula is C13H14FN3O2. The van der Waals surface area contributed by atoms with Gasteiger partial charge in [-0.25, -0.2) is 4.39 Å². The first-order valence-electron chi connectivity index (χ1n) is 5.73. The molecule has 0 aliphatic rings. The fraction of sp³-hybridized carbons (Fsp3) is 0.231. The third kappa shape index (κ3) is 3.17. The molecule has 1 aromatic heterocycles. The van der Waals surface area contributed by atoms with Gasteiger partial charge in [-0.05, 0) is 30.3 Å². The van der Waals surface area contributed by atoms with Gasteiger partial charge in [-0.2, -0.15) is 5.10 Å². The molecule has 1 unspecified atom stereocenters. The van der Waals surface area contributed by atoms with Crippen LogP contribution in [0.3, 0.4) is 0 Å². The maximum absolute atomic E-state index is 12.8. The molecular weight excluding hydrogens is 249 g/mol. The minimum absolute atomic E-state index is 0.230. The van der Waals surface area contributed by atoms with Crippen molar-refractivity contribution >= 4 is 5.97 Å². The van der Waals surface area contributed by atoms with Crippen LogP contribution < -0.4 is 5.73 Å². The van der Waals surface area contributed by atoms with Gasteiger partial charge in [-0.1, -0.05) is 0 Å². The van der Waals surface area contributed by atoms with Gasteiger partial charge < -0.3 is 10.5 Å². The summed E-state index contributed by atoms with van der Waals surface area (Å²) in [5.74, 6) is -0.783. The lowest BCUT2D eigenvalue weighted by Gasteiger charge is -2.08. The summed E-state index contributed by atoms with van der Waals surface area (Å²) >= 11 is 0. The number of carbonyl (C=O) groups excluding carboxylic acids is 1. The fourth-order valence-corrected chi connectivity index (χ4v) is 1.67. The molecule has 100 valence electrons. The van der Waals surface area contributed by atoms with Gasteiger partial charge in [-0.3, -0.25) is 9.48 Å². The van der Waals surface area contributed by atoms with Crippen LogP contribution in [0.25, 0.3) is 11.3 Å². The molecule has 1 heterocycles. The molecule has 0 saturated heterocycles. The zero-order valence-corrected chi connectivity index (χ0v) is 10.4. The number of nitrogens with two attached hydrogens (primary N) is 1. The quantitative estimate of drug-likeness (QED) is 0.841. The zero-order chi connectivity index (χ0) is 13.8. The lowest BCUT2D eigenvalue weighted by molar-refractivity contribution is -0.142. The Hall–Kier alpha value is -2.21. The van der Waals surface area contributed by atoms with E-state index in [1.54, 1.807) is 29.1 Å². The second kappa shape index (κ2) is 5.62. The summed E-state index contributed by atoms with van der Waals surface area (Å²) in [6.45, 7) is 0.230. The Bertz CT molecular complexity index is 566. The van der Waals surface area contributed by atoms with E-state index < -0.39 is 12.0 Å². The van der Waals surface area contributed by atoms with E-state index in [1.165, 1.54) is 19.2 Å². The maximum atomic E-state index is 12.8. The first kappa shape index (κ1) is 13.2. The van der Waals surface area contributed by atoms with Crippen molar-refractivity contribution in [2.75, 3.05) is 7.11 Å². The predicted molar refractivity (Wildman–Crippen MR) is 67.6 cm³/mol. The number of hydrogen-bond acceptors (Lipinski definition) is 4. The van der Waals surface area contributed by atoms with E-state index in [0.29, 0.717) is 5.69 Å². The molecule has 0 aliphatic heterocycles. The lowest BCUT2D eigenvalue weighted by atomic mass is 10.1. The Morgan fingerprint density at radius 3 is 2.74 bits per heavy atom. The Kier molecular flexibility index (Phi) is 3.91. The van der Waals surface area contributed by atoms with E-state index in [0.717, 1.165) is 5.56 Å². The number of rotatable bonds is 4. The van der Waals surface area contributed by atoms with E-state index in [9.17, 15) is 9.18 Å². The molecule has 2 aromatic rings. The number of carbonyl (C=O) groups is 1. The van der Waals surface area contributed by atoms with Crippen LogP contribution in [-0.2, 0) is 16.1 Å². The molecule has 0 aliphatic carbocycles. The van der Waals surface area contributed by atoms with E-state index in [-0.39, 0.29) is 12.4 Å². The Morgan fingerprint density at radius 2 is 2.11 bits per heavy atom. The summed E-state index contributed by atoms with van der Waals surface area (Å²) in [6, 6.07) is 7.04. The van der Waals surface area contributed by atoms with Crippen LogP contribution in [-0.4, -0.2) is 28.9 Å². The van der Waals surface area contributed by atoms with E-state index in [2.05, 4.69) is 9.84 Å². The molecule has 2 N–H and O–H groups in total. The topological polar surface area (TPSA) is 70.1 Å². The SMILES string of the molecule is COC(=O)C(N)Cn1ccc(-c2ccc(F)cc2)n1. The van der Waals surface area contributed by atoms with Crippen LogP contribution in [0.1, 0.15) is 0 Å². The number of hydrogen-bond donors (Lipinski definition) is 1. The lowest BCUT2D eigenvalue weighted by Crippen LogP contribution is -2.35. The van der Waals surface area contributed by atoms with Crippen molar-refractivity contribution < 1.29 is 13.9 Å². The molecule has 6 heteroatoms. The maximum Gasteiger partial charge on any atom is 0.324 e. The average Bonchev–Trinajstić information content (AvgIpc) is 2.87. The van der Waals surface area contributed by atoms with Gasteiger partial charge in [0, 0.05) is 11.8 Å². The molecule has 0 fully saturated rings. The zero-order valence-electron chi connectivity index (χ0n) is 10.4. The Morgan fingerprint density at radius 1 is 1.42 bits per heavy atom. The molecule has 1 aromatic carbocycles. The van der Waals surface area contributed by atoms with Gasteiger partial charge in [0.1, 0.15) is 11.9 Å². The highest BCUT2D eigenvalue weighted by molar-refractivity contribution is 5.75. The van der Waals surface area contributed by atoms with Crippen LogP contribution in [0.4, 0.5) is 4.39 Å². The van der Waals surface area contributed by atoms with Gasteiger partial charge in [-0.15, -0.1) is 0 Å². The smallest absolute Gasteiger partial charge is 0.324 e. The summed E-state index contributed by atoms with van der Waals surface area (Å²) in [4.78, 5) is 11.2. The summed E-state index contributed by atoms with van der Waals surface area (Å²) in [5.41, 5.74) is 7.13. The van der Waals surface area contributed by atoms with Gasteiger partial charge in [0.25, 0.3) is 0 Å². The summed E-state index contributed by atoms with van der Waals surface area (Å²) in [6.07, 6.45) is 1.71. The number of aromatic nitrogens is 2. The highest BCUT2D eigenvalue weighted by Gasteiger charge is 2.15. The Balaban J connectivity index is 2.11. The molecule has 0 saturated carbocycles. The molecule has 0 radical (unpaired) electrons. The van der Waals surface area contributed by atoms with Crippen molar-refractivity contribution in [3.8, 4) is 11.3 Å². The van der Waals surface area contributed by atoms with Crippen molar-refractivity contribution in [1.82, 2.24) is 9.78 Å². The average molecular weight is 263 g/mol. The van der Waals surface area contributed by atoms with Crippen LogP contribution in [0.15, 0.2) is 36.5 Å². The van der Waals surface area contributed by atoms with Gasteiger partial charge in [0.05, 0.1) is 19.3 Å². The highest BCUT2D eigenvalue weighted by atomic mass is 19.1. The minimum Gasteiger partial charge on any atom is -0.468 e. The van der Waals surface area contributed by atoms with Crippen LogP contribution in [0, 0.1) is 5.82 Å². The van der Waals surface area contributed by atoms with Gasteiger partial charge in [0.2, 0.25) is 0 Å². The summed E-state index contributed by atoms with van der Waals surface area (Å²) in [5, 5.41) is 4.27. The second-order valence-corrected chi connectivity index (χ2v) is 4.06. The molecule has 2 rings (SSSR count). The summed E-state index contributed by atoms with van der Waals surface area (Å²) < 4.78 is 18.9.